The SMILES string of the molecule is CC(OCCN1C=CC=CN1C(C)(C)C)C1CC1. The van der Waals surface area contributed by atoms with Gasteiger partial charge in [-0.05, 0) is 58.6 Å². The molecular formula is C15H26N2O. The Bertz CT molecular complexity index is 326. The summed E-state index contributed by atoms with van der Waals surface area (Å²) in [5.41, 5.74) is 0.101. The summed E-state index contributed by atoms with van der Waals surface area (Å²) in [6, 6.07) is 0. The Kier molecular flexibility index (Phi) is 4.00. The van der Waals surface area contributed by atoms with Crippen molar-refractivity contribution in [3.8, 4) is 0 Å². The number of hydrogen-bond acceptors (Lipinski definition) is 3. The molecule has 3 heteroatoms. The molecule has 0 spiro atoms. The molecule has 1 fully saturated rings. The van der Waals surface area contributed by atoms with Crippen LogP contribution in [0, 0.1) is 5.92 Å². The Hall–Kier alpha value is -0.960. The summed E-state index contributed by atoms with van der Waals surface area (Å²) in [5.74, 6) is 0.820. The van der Waals surface area contributed by atoms with Crippen LogP contribution >= 0.6 is 0 Å². The second-order valence-electron chi connectivity index (χ2n) is 6.27. The Balaban J connectivity index is 1.79. The lowest BCUT2D eigenvalue weighted by molar-refractivity contribution is -0.0393. The van der Waals surface area contributed by atoms with Crippen molar-refractivity contribution >= 4 is 0 Å². The van der Waals surface area contributed by atoms with Crippen LogP contribution in [0.5, 0.6) is 0 Å². The van der Waals surface area contributed by atoms with E-state index in [9.17, 15) is 0 Å². The van der Waals surface area contributed by atoms with Gasteiger partial charge < -0.3 is 4.74 Å². The molecule has 1 unspecified atom stereocenters. The molecule has 0 aromatic carbocycles. The fourth-order valence-corrected chi connectivity index (χ4v) is 2.26. The minimum absolute atomic E-state index is 0.101. The van der Waals surface area contributed by atoms with Crippen LogP contribution < -0.4 is 0 Å². The topological polar surface area (TPSA) is 15.7 Å². The van der Waals surface area contributed by atoms with Crippen LogP contribution in [0.25, 0.3) is 0 Å². The van der Waals surface area contributed by atoms with Gasteiger partial charge in [-0.15, -0.1) is 0 Å². The van der Waals surface area contributed by atoms with Gasteiger partial charge in [-0.3, -0.25) is 10.0 Å². The number of allylic oxidation sites excluding steroid dienone is 2. The second kappa shape index (κ2) is 5.35. The molecular weight excluding hydrogens is 224 g/mol. The van der Waals surface area contributed by atoms with Crippen molar-refractivity contribution in [2.75, 3.05) is 13.2 Å². The van der Waals surface area contributed by atoms with Crippen molar-refractivity contribution < 1.29 is 4.74 Å². The normalized spacial score (nSPS) is 21.6. The minimum Gasteiger partial charge on any atom is -0.376 e. The Morgan fingerprint density at radius 3 is 2.50 bits per heavy atom. The monoisotopic (exact) mass is 250 g/mol. The lowest BCUT2D eigenvalue weighted by Gasteiger charge is -2.44. The number of hydrogen-bond donors (Lipinski definition) is 0. The van der Waals surface area contributed by atoms with Crippen molar-refractivity contribution in [2.24, 2.45) is 5.92 Å². The predicted octanol–water partition coefficient (Wildman–Crippen LogP) is 3.16. The third-order valence-electron chi connectivity index (χ3n) is 3.55. The number of nitrogens with zero attached hydrogens (tertiary/aromatic N) is 2. The first-order valence-electron chi connectivity index (χ1n) is 7.01. The van der Waals surface area contributed by atoms with Gasteiger partial charge in [-0.1, -0.05) is 0 Å². The fourth-order valence-electron chi connectivity index (χ4n) is 2.26. The molecule has 0 saturated heterocycles. The number of ether oxygens (including phenoxy) is 1. The van der Waals surface area contributed by atoms with E-state index in [0.717, 1.165) is 19.1 Å². The average molecular weight is 250 g/mol. The van der Waals surface area contributed by atoms with Gasteiger partial charge in [0.2, 0.25) is 0 Å². The van der Waals surface area contributed by atoms with Crippen LogP contribution in [0.15, 0.2) is 24.6 Å². The van der Waals surface area contributed by atoms with Gasteiger partial charge in [0.1, 0.15) is 0 Å². The average Bonchev–Trinajstić information content (AvgIpc) is 3.12. The van der Waals surface area contributed by atoms with E-state index >= 15 is 0 Å². The Morgan fingerprint density at radius 1 is 1.22 bits per heavy atom. The molecule has 3 nitrogen and oxygen atoms in total. The molecule has 0 bridgehead atoms. The molecule has 1 aliphatic carbocycles. The zero-order valence-electron chi connectivity index (χ0n) is 12.1. The van der Waals surface area contributed by atoms with Gasteiger partial charge in [0.25, 0.3) is 0 Å². The first-order chi connectivity index (χ1) is 8.48. The first kappa shape index (κ1) is 13.5. The molecule has 2 aliphatic rings. The fraction of sp³-hybridized carbons (Fsp3) is 0.733. The van der Waals surface area contributed by atoms with Gasteiger partial charge >= 0.3 is 0 Å². The van der Waals surface area contributed by atoms with E-state index in [1.807, 2.05) is 0 Å². The van der Waals surface area contributed by atoms with Crippen molar-refractivity contribution in [3.63, 3.8) is 0 Å². The lowest BCUT2D eigenvalue weighted by Crippen LogP contribution is -2.49. The smallest absolute Gasteiger partial charge is 0.0665 e. The maximum Gasteiger partial charge on any atom is 0.0665 e. The third kappa shape index (κ3) is 3.52. The molecule has 0 aromatic rings. The third-order valence-corrected chi connectivity index (χ3v) is 3.55. The van der Waals surface area contributed by atoms with Crippen LogP contribution in [-0.4, -0.2) is 34.8 Å². The molecule has 18 heavy (non-hydrogen) atoms. The number of hydrazine groups is 1. The zero-order valence-corrected chi connectivity index (χ0v) is 12.1. The van der Waals surface area contributed by atoms with E-state index in [2.05, 4.69) is 62.3 Å². The number of rotatable bonds is 5. The van der Waals surface area contributed by atoms with Gasteiger partial charge in [0.05, 0.1) is 24.8 Å². The van der Waals surface area contributed by atoms with Crippen molar-refractivity contribution in [1.29, 1.82) is 0 Å². The van der Waals surface area contributed by atoms with Crippen LogP contribution in [0.2, 0.25) is 0 Å². The van der Waals surface area contributed by atoms with E-state index in [1.54, 1.807) is 0 Å². The molecule has 1 heterocycles. The van der Waals surface area contributed by atoms with Crippen molar-refractivity contribution in [3.05, 3.63) is 24.6 Å². The van der Waals surface area contributed by atoms with Crippen molar-refractivity contribution in [2.45, 2.75) is 52.2 Å². The van der Waals surface area contributed by atoms with Gasteiger partial charge in [0.15, 0.2) is 0 Å². The highest BCUT2D eigenvalue weighted by Crippen LogP contribution is 2.33. The molecule has 102 valence electrons. The van der Waals surface area contributed by atoms with E-state index in [1.165, 1.54) is 12.8 Å². The highest BCUT2D eigenvalue weighted by atomic mass is 16.5. The molecule has 0 aromatic heterocycles. The van der Waals surface area contributed by atoms with Gasteiger partial charge in [-0.25, -0.2) is 0 Å². The maximum atomic E-state index is 5.90. The van der Waals surface area contributed by atoms with Crippen LogP contribution in [-0.2, 0) is 4.74 Å². The molecule has 2 rings (SSSR count). The Labute approximate surface area is 111 Å². The summed E-state index contributed by atoms with van der Waals surface area (Å²) < 4.78 is 5.90. The molecule has 0 radical (unpaired) electrons. The second-order valence-corrected chi connectivity index (χ2v) is 6.27. The largest absolute Gasteiger partial charge is 0.376 e. The minimum atomic E-state index is 0.101. The maximum absolute atomic E-state index is 5.90. The van der Waals surface area contributed by atoms with E-state index in [4.69, 9.17) is 4.74 Å². The molecule has 1 atom stereocenters. The van der Waals surface area contributed by atoms with E-state index < -0.39 is 0 Å². The summed E-state index contributed by atoms with van der Waals surface area (Å²) in [5, 5.41) is 4.50. The van der Waals surface area contributed by atoms with E-state index in [0.29, 0.717) is 6.10 Å². The standard InChI is InChI=1S/C15H26N2O/c1-13(14-7-8-14)18-12-11-16-9-5-6-10-17(16)15(2,3)4/h5-6,9-10,13-14H,7-8,11-12H2,1-4H3. The van der Waals surface area contributed by atoms with Gasteiger partial charge in [0, 0.05) is 12.4 Å². The van der Waals surface area contributed by atoms with E-state index in [-0.39, 0.29) is 5.54 Å². The highest BCUT2D eigenvalue weighted by Gasteiger charge is 2.29. The van der Waals surface area contributed by atoms with Crippen LogP contribution in [0.4, 0.5) is 0 Å². The summed E-state index contributed by atoms with van der Waals surface area (Å²) in [7, 11) is 0. The van der Waals surface area contributed by atoms with Gasteiger partial charge in [-0.2, -0.15) is 0 Å². The zero-order chi connectivity index (χ0) is 13.2. The summed E-state index contributed by atoms with van der Waals surface area (Å²) in [6.45, 7) is 10.6. The Morgan fingerprint density at radius 2 is 1.89 bits per heavy atom. The van der Waals surface area contributed by atoms with Crippen LogP contribution in [0.3, 0.4) is 0 Å². The molecule has 1 aliphatic heterocycles. The van der Waals surface area contributed by atoms with Crippen LogP contribution in [0.1, 0.15) is 40.5 Å². The quantitative estimate of drug-likeness (QED) is 0.745. The molecule has 0 amide bonds. The molecule has 0 N–H and O–H groups in total. The summed E-state index contributed by atoms with van der Waals surface area (Å²) in [4.78, 5) is 0. The predicted molar refractivity (Wildman–Crippen MR) is 74.7 cm³/mol. The lowest BCUT2D eigenvalue weighted by atomic mass is 10.1. The summed E-state index contributed by atoms with van der Waals surface area (Å²) in [6.07, 6.45) is 11.5. The first-order valence-corrected chi connectivity index (χ1v) is 7.01. The highest BCUT2D eigenvalue weighted by molar-refractivity contribution is 5.08. The van der Waals surface area contributed by atoms with Crippen molar-refractivity contribution in [1.82, 2.24) is 10.0 Å². The summed E-state index contributed by atoms with van der Waals surface area (Å²) >= 11 is 0. The molecule has 1 saturated carbocycles.